The third-order valence-corrected chi connectivity index (χ3v) is 4.69. The Morgan fingerprint density at radius 2 is 1.95 bits per heavy atom. The normalized spacial score (nSPS) is 11.9. The highest BCUT2D eigenvalue weighted by Gasteiger charge is 2.18. The summed E-state index contributed by atoms with van der Waals surface area (Å²) in [5, 5.41) is 3.30. The number of rotatable bonds is 5. The molecule has 19 heavy (non-hydrogen) atoms. The summed E-state index contributed by atoms with van der Waals surface area (Å²) in [6.07, 6.45) is 0. The first-order valence-electron chi connectivity index (χ1n) is 5.20. The molecule has 0 bridgehead atoms. The number of sulfonamides is 1. The molecule has 6 nitrogen and oxygen atoms in total. The molecule has 0 aliphatic rings. The van der Waals surface area contributed by atoms with Crippen LogP contribution in [0, 0.1) is 0 Å². The Labute approximate surface area is 124 Å². The monoisotopic (exact) mass is 340 g/mol. The number of benzene rings is 1. The Kier molecular flexibility index (Phi) is 4.46. The van der Waals surface area contributed by atoms with Gasteiger partial charge >= 0.3 is 0 Å². The Morgan fingerprint density at radius 3 is 2.63 bits per heavy atom. The Morgan fingerprint density at radius 1 is 1.26 bits per heavy atom. The fourth-order valence-electron chi connectivity index (χ4n) is 1.41. The van der Waals surface area contributed by atoms with Crippen LogP contribution in [-0.2, 0) is 10.0 Å². The summed E-state index contributed by atoms with van der Waals surface area (Å²) in [6, 6.07) is 1.45. The number of fused-ring (bicyclic) bond motifs is 1. The molecule has 1 heterocycles. The van der Waals surface area contributed by atoms with Crippen molar-refractivity contribution >= 4 is 61.7 Å². The fraction of sp³-hybridized carbons (Fsp3) is 0.333. The molecule has 1 aromatic heterocycles. The molecule has 1 aromatic carbocycles. The zero-order chi connectivity index (χ0) is 14.0. The number of nitrogens with one attached hydrogen (secondary N) is 2. The van der Waals surface area contributed by atoms with Gasteiger partial charge in [-0.2, -0.15) is 8.75 Å². The zero-order valence-corrected chi connectivity index (χ0v) is 12.9. The van der Waals surface area contributed by atoms with Gasteiger partial charge in [0.1, 0.15) is 11.0 Å². The lowest BCUT2D eigenvalue weighted by Gasteiger charge is -2.10. The Balaban J connectivity index is 2.43. The van der Waals surface area contributed by atoms with Gasteiger partial charge in [-0.3, -0.25) is 4.72 Å². The van der Waals surface area contributed by atoms with Crippen LogP contribution < -0.4 is 10.0 Å². The van der Waals surface area contributed by atoms with Crippen LogP contribution in [0.15, 0.2) is 6.07 Å². The van der Waals surface area contributed by atoms with Gasteiger partial charge in [0.15, 0.2) is 0 Å². The minimum absolute atomic E-state index is 0.0679. The van der Waals surface area contributed by atoms with E-state index in [1.165, 1.54) is 6.07 Å². The molecule has 0 atom stereocenters. The summed E-state index contributed by atoms with van der Waals surface area (Å²) in [4.78, 5) is 0. The van der Waals surface area contributed by atoms with Crippen LogP contribution >= 0.6 is 34.9 Å². The van der Waals surface area contributed by atoms with Crippen molar-refractivity contribution in [1.29, 1.82) is 0 Å². The number of halogens is 2. The van der Waals surface area contributed by atoms with Crippen LogP contribution in [0.25, 0.3) is 11.0 Å². The van der Waals surface area contributed by atoms with Gasteiger partial charge in [-0.05, 0) is 13.1 Å². The van der Waals surface area contributed by atoms with E-state index in [1.807, 2.05) is 0 Å². The first-order valence-corrected chi connectivity index (χ1v) is 8.34. The van der Waals surface area contributed by atoms with Crippen molar-refractivity contribution in [3.05, 3.63) is 16.1 Å². The van der Waals surface area contributed by atoms with E-state index in [1.54, 1.807) is 7.05 Å². The highest BCUT2D eigenvalue weighted by atomic mass is 35.5. The van der Waals surface area contributed by atoms with E-state index in [2.05, 4.69) is 18.8 Å². The van der Waals surface area contributed by atoms with Crippen molar-refractivity contribution in [2.75, 3.05) is 24.1 Å². The number of anilines is 1. The SMILES string of the molecule is CNCCS(=O)(=O)Nc1c(Cl)cc(Cl)c2nsnc12. The lowest BCUT2D eigenvalue weighted by molar-refractivity contribution is 0.599. The van der Waals surface area contributed by atoms with Crippen LogP contribution in [0.1, 0.15) is 0 Å². The predicted molar refractivity (Wildman–Crippen MR) is 78.8 cm³/mol. The van der Waals surface area contributed by atoms with E-state index in [-0.39, 0.29) is 16.5 Å². The zero-order valence-electron chi connectivity index (χ0n) is 9.77. The lowest BCUT2D eigenvalue weighted by Crippen LogP contribution is -2.24. The summed E-state index contributed by atoms with van der Waals surface area (Å²) in [7, 11) is -1.83. The molecule has 0 aliphatic carbocycles. The molecule has 104 valence electrons. The Bertz CT molecular complexity index is 702. The smallest absolute Gasteiger partial charge is 0.234 e. The maximum Gasteiger partial charge on any atom is 0.234 e. The number of aromatic nitrogens is 2. The minimum Gasteiger partial charge on any atom is -0.319 e. The summed E-state index contributed by atoms with van der Waals surface area (Å²) >= 11 is 12.9. The van der Waals surface area contributed by atoms with Crippen LogP contribution in [0.5, 0.6) is 0 Å². The third-order valence-electron chi connectivity index (χ3n) is 2.32. The molecular weight excluding hydrogens is 331 g/mol. The van der Waals surface area contributed by atoms with E-state index in [0.29, 0.717) is 22.6 Å². The van der Waals surface area contributed by atoms with Crippen molar-refractivity contribution in [1.82, 2.24) is 14.1 Å². The van der Waals surface area contributed by atoms with Gasteiger partial charge in [0.05, 0.1) is 33.2 Å². The molecular formula is C9H10Cl2N4O2S2. The van der Waals surface area contributed by atoms with Crippen molar-refractivity contribution < 1.29 is 8.42 Å². The fourth-order valence-corrected chi connectivity index (χ4v) is 3.72. The van der Waals surface area contributed by atoms with Gasteiger partial charge in [0.25, 0.3) is 0 Å². The number of nitrogens with zero attached hydrogens (tertiary/aromatic N) is 2. The van der Waals surface area contributed by atoms with Crippen molar-refractivity contribution in [3.8, 4) is 0 Å². The highest BCUT2D eigenvalue weighted by Crippen LogP contribution is 2.35. The standard InChI is InChI=1S/C9H10Cl2N4O2S2/c1-12-2-3-19(16,17)15-8-6(11)4-5(10)7-9(8)14-18-13-7/h4,12,15H,2-3H2,1H3. The van der Waals surface area contributed by atoms with Gasteiger partial charge < -0.3 is 5.32 Å². The van der Waals surface area contributed by atoms with E-state index in [0.717, 1.165) is 11.7 Å². The van der Waals surface area contributed by atoms with E-state index in [4.69, 9.17) is 23.2 Å². The van der Waals surface area contributed by atoms with Crippen LogP contribution in [0.2, 0.25) is 10.0 Å². The van der Waals surface area contributed by atoms with Gasteiger partial charge in [-0.15, -0.1) is 0 Å². The molecule has 0 fully saturated rings. The van der Waals surface area contributed by atoms with Crippen molar-refractivity contribution in [3.63, 3.8) is 0 Å². The second-order valence-electron chi connectivity index (χ2n) is 3.70. The molecule has 2 aromatic rings. The largest absolute Gasteiger partial charge is 0.319 e. The van der Waals surface area contributed by atoms with Crippen molar-refractivity contribution in [2.45, 2.75) is 0 Å². The molecule has 2 rings (SSSR count). The summed E-state index contributed by atoms with van der Waals surface area (Å²) < 4.78 is 34.2. The Hall–Kier alpha value is -0.670. The minimum atomic E-state index is -3.50. The highest BCUT2D eigenvalue weighted by molar-refractivity contribution is 7.92. The molecule has 2 N–H and O–H groups in total. The number of hydrogen-bond acceptors (Lipinski definition) is 6. The second kappa shape index (κ2) is 5.76. The van der Waals surface area contributed by atoms with Gasteiger partial charge in [0, 0.05) is 6.54 Å². The third kappa shape index (κ3) is 3.26. The first-order chi connectivity index (χ1) is 8.94. The maximum atomic E-state index is 11.9. The predicted octanol–water partition coefficient (Wildman–Crippen LogP) is 1.96. The average molecular weight is 341 g/mol. The summed E-state index contributed by atoms with van der Waals surface area (Å²) in [5.41, 5.74) is 1.00. The first kappa shape index (κ1) is 14.7. The van der Waals surface area contributed by atoms with E-state index >= 15 is 0 Å². The maximum absolute atomic E-state index is 11.9. The van der Waals surface area contributed by atoms with E-state index < -0.39 is 10.0 Å². The summed E-state index contributed by atoms with van der Waals surface area (Å²) in [5.74, 6) is -0.0679. The van der Waals surface area contributed by atoms with Gasteiger partial charge in [0.2, 0.25) is 10.0 Å². The molecule has 0 spiro atoms. The van der Waals surface area contributed by atoms with Gasteiger partial charge in [-0.25, -0.2) is 8.42 Å². The quantitative estimate of drug-likeness (QED) is 0.869. The summed E-state index contributed by atoms with van der Waals surface area (Å²) in [6.45, 7) is 0.332. The van der Waals surface area contributed by atoms with Crippen LogP contribution in [0.3, 0.4) is 0 Å². The molecule has 0 saturated heterocycles. The van der Waals surface area contributed by atoms with Gasteiger partial charge in [-0.1, -0.05) is 23.2 Å². The molecule has 0 unspecified atom stereocenters. The molecule has 0 amide bonds. The van der Waals surface area contributed by atoms with Crippen LogP contribution in [0.4, 0.5) is 5.69 Å². The lowest BCUT2D eigenvalue weighted by atomic mass is 10.3. The molecule has 10 heteroatoms. The van der Waals surface area contributed by atoms with Crippen LogP contribution in [-0.4, -0.2) is 36.5 Å². The molecule has 0 aliphatic heterocycles. The topological polar surface area (TPSA) is 84.0 Å². The van der Waals surface area contributed by atoms with E-state index in [9.17, 15) is 8.42 Å². The average Bonchev–Trinajstić information content (AvgIpc) is 2.81. The second-order valence-corrected chi connectivity index (χ2v) is 6.89. The number of hydrogen-bond donors (Lipinski definition) is 2. The molecule has 0 saturated carbocycles. The molecule has 0 radical (unpaired) electrons. The van der Waals surface area contributed by atoms with Crippen molar-refractivity contribution in [2.24, 2.45) is 0 Å².